The second kappa shape index (κ2) is 12.5. The third-order valence-electron chi connectivity index (χ3n) is 4.81. The predicted octanol–water partition coefficient (Wildman–Crippen LogP) is 4.84. The molecule has 0 heterocycles. The Bertz CT molecular complexity index is 222. The Morgan fingerprint density at radius 2 is 1.67 bits per heavy atom. The van der Waals surface area contributed by atoms with Crippen LogP contribution in [0, 0.1) is 5.92 Å². The van der Waals surface area contributed by atoms with Gasteiger partial charge in [-0.05, 0) is 70.6 Å². The highest BCUT2D eigenvalue weighted by Crippen LogP contribution is 2.24. The van der Waals surface area contributed by atoms with Crippen LogP contribution in [-0.2, 0) is 0 Å². The summed E-state index contributed by atoms with van der Waals surface area (Å²) < 4.78 is 0. The molecule has 21 heavy (non-hydrogen) atoms. The second-order valence-corrected chi connectivity index (χ2v) is 7.32. The fourth-order valence-electron chi connectivity index (χ4n) is 3.39. The fourth-order valence-corrected chi connectivity index (χ4v) is 3.39. The van der Waals surface area contributed by atoms with E-state index in [1.165, 1.54) is 90.4 Å². The number of unbranched alkanes of at least 4 members (excludes halogenated alkanes) is 3. The molecule has 1 saturated carbocycles. The summed E-state index contributed by atoms with van der Waals surface area (Å²) in [6.07, 6.45) is 14.1. The summed E-state index contributed by atoms with van der Waals surface area (Å²) in [5, 5.41) is 3.50. The number of hydrogen-bond acceptors (Lipinski definition) is 2. The van der Waals surface area contributed by atoms with Gasteiger partial charge < -0.3 is 10.2 Å². The molecule has 0 spiro atoms. The average molecular weight is 297 g/mol. The van der Waals surface area contributed by atoms with Gasteiger partial charge >= 0.3 is 0 Å². The third kappa shape index (κ3) is 9.52. The smallest absolute Gasteiger partial charge is 0.00952 e. The van der Waals surface area contributed by atoms with Crippen LogP contribution >= 0.6 is 0 Å². The minimum absolute atomic E-state index is 0.846. The lowest BCUT2D eigenvalue weighted by Gasteiger charge is -2.29. The molecule has 0 bridgehead atoms. The normalized spacial score (nSPS) is 16.4. The van der Waals surface area contributed by atoms with Gasteiger partial charge in [0.2, 0.25) is 0 Å². The van der Waals surface area contributed by atoms with Gasteiger partial charge in [-0.3, -0.25) is 0 Å². The van der Waals surface area contributed by atoms with E-state index in [2.05, 4.69) is 31.0 Å². The molecule has 0 aliphatic heterocycles. The van der Waals surface area contributed by atoms with E-state index in [0.29, 0.717) is 0 Å². The molecule has 0 atom stereocenters. The molecule has 0 aromatic rings. The standard InChI is InChI=1S/C19H40N2/c1-4-14-20-15-9-5-6-10-16-21(17-13-18(2)3)19-11-7-8-12-19/h18-20H,4-17H2,1-3H3. The molecule has 0 amide bonds. The number of nitrogens with zero attached hydrogens (tertiary/aromatic N) is 1. The van der Waals surface area contributed by atoms with Crippen LogP contribution in [0.2, 0.25) is 0 Å². The van der Waals surface area contributed by atoms with Gasteiger partial charge in [-0.1, -0.05) is 46.5 Å². The summed E-state index contributed by atoms with van der Waals surface area (Å²) in [5.41, 5.74) is 0. The molecule has 1 rings (SSSR count). The zero-order valence-corrected chi connectivity index (χ0v) is 15.0. The van der Waals surface area contributed by atoms with Crippen molar-refractivity contribution in [3.8, 4) is 0 Å². The van der Waals surface area contributed by atoms with Crippen LogP contribution in [0.15, 0.2) is 0 Å². The van der Waals surface area contributed by atoms with Gasteiger partial charge in [0.15, 0.2) is 0 Å². The van der Waals surface area contributed by atoms with E-state index in [1.807, 2.05) is 0 Å². The molecule has 2 heteroatoms. The number of hydrogen-bond donors (Lipinski definition) is 1. The first-order chi connectivity index (χ1) is 10.2. The first-order valence-corrected chi connectivity index (χ1v) is 9.68. The van der Waals surface area contributed by atoms with Crippen molar-refractivity contribution < 1.29 is 0 Å². The number of nitrogens with one attached hydrogen (secondary N) is 1. The molecule has 1 aliphatic carbocycles. The Labute approximate surface area is 134 Å². The quantitative estimate of drug-likeness (QED) is 0.489. The van der Waals surface area contributed by atoms with Gasteiger partial charge in [0.1, 0.15) is 0 Å². The van der Waals surface area contributed by atoms with Crippen molar-refractivity contribution in [3.05, 3.63) is 0 Å². The van der Waals surface area contributed by atoms with Crippen molar-refractivity contribution in [2.24, 2.45) is 5.92 Å². The molecule has 0 saturated heterocycles. The van der Waals surface area contributed by atoms with Gasteiger partial charge in [-0.2, -0.15) is 0 Å². The van der Waals surface area contributed by atoms with Gasteiger partial charge in [0, 0.05) is 6.04 Å². The van der Waals surface area contributed by atoms with E-state index in [-0.39, 0.29) is 0 Å². The van der Waals surface area contributed by atoms with Gasteiger partial charge in [-0.25, -0.2) is 0 Å². The van der Waals surface area contributed by atoms with Crippen LogP contribution in [0.4, 0.5) is 0 Å². The molecule has 1 fully saturated rings. The van der Waals surface area contributed by atoms with E-state index < -0.39 is 0 Å². The maximum Gasteiger partial charge on any atom is 0.00952 e. The van der Waals surface area contributed by atoms with Crippen molar-refractivity contribution in [2.75, 3.05) is 26.2 Å². The molecule has 0 aromatic heterocycles. The van der Waals surface area contributed by atoms with Crippen molar-refractivity contribution in [3.63, 3.8) is 0 Å². The summed E-state index contributed by atoms with van der Waals surface area (Å²) in [6.45, 7) is 12.0. The molecule has 2 nitrogen and oxygen atoms in total. The van der Waals surface area contributed by atoms with Crippen LogP contribution < -0.4 is 5.32 Å². The molecule has 0 radical (unpaired) electrons. The minimum Gasteiger partial charge on any atom is -0.317 e. The zero-order valence-electron chi connectivity index (χ0n) is 15.0. The largest absolute Gasteiger partial charge is 0.317 e. The monoisotopic (exact) mass is 296 g/mol. The molecular weight excluding hydrogens is 256 g/mol. The van der Waals surface area contributed by atoms with Crippen molar-refractivity contribution in [2.45, 2.75) is 91.0 Å². The van der Waals surface area contributed by atoms with Crippen LogP contribution in [0.1, 0.15) is 85.0 Å². The molecule has 0 aromatic carbocycles. The SMILES string of the molecule is CCCNCCCCCCN(CCC(C)C)C1CCCC1. The third-order valence-corrected chi connectivity index (χ3v) is 4.81. The number of rotatable bonds is 13. The topological polar surface area (TPSA) is 15.3 Å². The van der Waals surface area contributed by atoms with Crippen molar-refractivity contribution in [1.29, 1.82) is 0 Å². The van der Waals surface area contributed by atoms with E-state index in [0.717, 1.165) is 12.0 Å². The van der Waals surface area contributed by atoms with Gasteiger partial charge in [-0.15, -0.1) is 0 Å². The lowest BCUT2D eigenvalue weighted by Crippen LogP contribution is -2.35. The van der Waals surface area contributed by atoms with Crippen molar-refractivity contribution >= 4 is 0 Å². The Morgan fingerprint density at radius 3 is 2.33 bits per heavy atom. The van der Waals surface area contributed by atoms with Crippen molar-refractivity contribution in [1.82, 2.24) is 10.2 Å². The lowest BCUT2D eigenvalue weighted by molar-refractivity contribution is 0.184. The summed E-state index contributed by atoms with van der Waals surface area (Å²) >= 11 is 0. The summed E-state index contributed by atoms with van der Waals surface area (Å²) in [5.74, 6) is 0.846. The van der Waals surface area contributed by atoms with Gasteiger partial charge in [0.05, 0.1) is 0 Å². The zero-order chi connectivity index (χ0) is 15.3. The second-order valence-electron chi connectivity index (χ2n) is 7.32. The maximum absolute atomic E-state index is 3.50. The van der Waals surface area contributed by atoms with Gasteiger partial charge in [0.25, 0.3) is 0 Å². The Morgan fingerprint density at radius 1 is 0.952 bits per heavy atom. The highest BCUT2D eigenvalue weighted by molar-refractivity contribution is 4.77. The molecule has 1 aliphatic rings. The predicted molar refractivity (Wildman–Crippen MR) is 94.9 cm³/mol. The van der Waals surface area contributed by atoms with E-state index >= 15 is 0 Å². The molecule has 126 valence electrons. The first-order valence-electron chi connectivity index (χ1n) is 9.68. The average Bonchev–Trinajstić information content (AvgIpc) is 2.98. The lowest BCUT2D eigenvalue weighted by atomic mass is 10.1. The summed E-state index contributed by atoms with van der Waals surface area (Å²) in [6, 6.07) is 0.912. The summed E-state index contributed by atoms with van der Waals surface area (Å²) in [7, 11) is 0. The van der Waals surface area contributed by atoms with Crippen LogP contribution in [0.3, 0.4) is 0 Å². The fraction of sp³-hybridized carbons (Fsp3) is 1.00. The molecule has 0 unspecified atom stereocenters. The Kier molecular flexibility index (Phi) is 11.3. The minimum atomic E-state index is 0.846. The molecule has 1 N–H and O–H groups in total. The maximum atomic E-state index is 3.50. The molecular formula is C19H40N2. The Balaban J connectivity index is 2.08. The van der Waals surface area contributed by atoms with E-state index in [4.69, 9.17) is 0 Å². The van der Waals surface area contributed by atoms with Crippen LogP contribution in [0.25, 0.3) is 0 Å². The highest BCUT2D eigenvalue weighted by Gasteiger charge is 2.21. The highest BCUT2D eigenvalue weighted by atomic mass is 15.2. The van der Waals surface area contributed by atoms with Crippen LogP contribution in [0.5, 0.6) is 0 Å². The first kappa shape index (κ1) is 19.0. The Hall–Kier alpha value is -0.0800. The van der Waals surface area contributed by atoms with E-state index in [1.54, 1.807) is 0 Å². The van der Waals surface area contributed by atoms with Crippen LogP contribution in [-0.4, -0.2) is 37.1 Å². The summed E-state index contributed by atoms with van der Waals surface area (Å²) in [4.78, 5) is 2.82. The van der Waals surface area contributed by atoms with E-state index in [9.17, 15) is 0 Å².